The standard InChI is InChI=1S/C18H15Cl3N4O2S/c1-25-9-17(27-13-5-2-11(19)3-6-13)23-18(24-25)28-10-16(26)22-15-8-12(20)4-7-14(15)21/h2-8H,9-10H2,1H3,(H,22,26). The number of hydrogen-bond donors (Lipinski definition) is 1. The van der Waals surface area contributed by atoms with Crippen LogP contribution in [0.1, 0.15) is 0 Å². The van der Waals surface area contributed by atoms with Gasteiger partial charge in [0.25, 0.3) is 0 Å². The Labute approximate surface area is 181 Å². The molecule has 0 unspecified atom stereocenters. The van der Waals surface area contributed by atoms with Gasteiger partial charge in [-0.3, -0.25) is 9.80 Å². The number of carbonyl (C=O) groups is 1. The highest BCUT2D eigenvalue weighted by Crippen LogP contribution is 2.25. The van der Waals surface area contributed by atoms with Crippen molar-refractivity contribution in [2.75, 3.05) is 24.7 Å². The van der Waals surface area contributed by atoms with Crippen molar-refractivity contribution in [2.24, 2.45) is 10.1 Å². The highest BCUT2D eigenvalue weighted by Gasteiger charge is 2.17. The third-order valence-electron chi connectivity index (χ3n) is 3.42. The molecule has 0 fully saturated rings. The smallest absolute Gasteiger partial charge is 0.234 e. The molecule has 6 nitrogen and oxygen atoms in total. The first-order valence-electron chi connectivity index (χ1n) is 8.07. The van der Waals surface area contributed by atoms with Crippen molar-refractivity contribution < 1.29 is 9.53 Å². The van der Waals surface area contributed by atoms with Crippen LogP contribution in [0, 0.1) is 0 Å². The van der Waals surface area contributed by atoms with E-state index < -0.39 is 0 Å². The molecular weight excluding hydrogens is 443 g/mol. The predicted octanol–water partition coefficient (Wildman–Crippen LogP) is 5.01. The largest absolute Gasteiger partial charge is 0.441 e. The molecule has 3 rings (SSSR count). The average Bonchev–Trinajstić information content (AvgIpc) is 2.64. The molecule has 0 aliphatic carbocycles. The van der Waals surface area contributed by atoms with Crippen molar-refractivity contribution in [1.29, 1.82) is 0 Å². The molecule has 10 heteroatoms. The Kier molecular flexibility index (Phi) is 7.07. The van der Waals surface area contributed by atoms with E-state index in [2.05, 4.69) is 15.4 Å². The van der Waals surface area contributed by atoms with Crippen LogP contribution in [-0.2, 0) is 4.79 Å². The maximum Gasteiger partial charge on any atom is 0.234 e. The van der Waals surface area contributed by atoms with Crippen molar-refractivity contribution >= 4 is 69.2 Å². The zero-order valence-corrected chi connectivity index (χ0v) is 17.7. The van der Waals surface area contributed by atoms with E-state index in [9.17, 15) is 4.79 Å². The van der Waals surface area contributed by atoms with Crippen LogP contribution in [0.2, 0.25) is 15.1 Å². The maximum absolute atomic E-state index is 12.2. The molecule has 1 aliphatic heterocycles. The SMILES string of the molecule is CN1CC(Oc2ccc(Cl)cc2)=NC(SCC(=O)Nc2cc(Cl)ccc2Cl)=N1. The summed E-state index contributed by atoms with van der Waals surface area (Å²) in [5.41, 5.74) is 0.456. The molecule has 0 saturated heterocycles. The van der Waals surface area contributed by atoms with Crippen molar-refractivity contribution in [3.63, 3.8) is 0 Å². The fourth-order valence-electron chi connectivity index (χ4n) is 2.21. The number of rotatable bonds is 4. The number of likely N-dealkylation sites (N-methyl/N-ethyl adjacent to an activating group) is 1. The Morgan fingerprint density at radius 2 is 1.89 bits per heavy atom. The number of ether oxygens (including phenoxy) is 1. The Balaban J connectivity index is 1.59. The zero-order valence-electron chi connectivity index (χ0n) is 14.7. The highest BCUT2D eigenvalue weighted by molar-refractivity contribution is 8.14. The van der Waals surface area contributed by atoms with Crippen LogP contribution >= 0.6 is 46.6 Å². The van der Waals surface area contributed by atoms with Crippen LogP contribution in [0.15, 0.2) is 52.6 Å². The minimum Gasteiger partial charge on any atom is -0.441 e. The monoisotopic (exact) mass is 456 g/mol. The van der Waals surface area contributed by atoms with E-state index in [1.165, 1.54) is 11.8 Å². The van der Waals surface area contributed by atoms with Gasteiger partial charge in [0.1, 0.15) is 12.3 Å². The van der Waals surface area contributed by atoms with Gasteiger partial charge < -0.3 is 10.1 Å². The molecule has 0 spiro atoms. The van der Waals surface area contributed by atoms with Gasteiger partial charge in [-0.2, -0.15) is 4.99 Å². The van der Waals surface area contributed by atoms with Crippen LogP contribution in [0.25, 0.3) is 0 Å². The number of nitrogens with zero attached hydrogens (tertiary/aromatic N) is 3. The summed E-state index contributed by atoms with van der Waals surface area (Å²) < 4.78 is 5.77. The lowest BCUT2D eigenvalue weighted by Gasteiger charge is -2.20. The number of nitrogens with one attached hydrogen (secondary N) is 1. The number of benzene rings is 2. The molecule has 28 heavy (non-hydrogen) atoms. The normalized spacial score (nSPS) is 13.6. The number of aliphatic imine (C=N–C) groups is 1. The number of amides is 1. The number of anilines is 1. The zero-order chi connectivity index (χ0) is 20.1. The van der Waals surface area contributed by atoms with Gasteiger partial charge in [0, 0.05) is 17.1 Å². The molecule has 1 heterocycles. The number of hydrazone groups is 1. The summed E-state index contributed by atoms with van der Waals surface area (Å²) in [5, 5.41) is 10.6. The first-order valence-corrected chi connectivity index (χ1v) is 10.2. The molecule has 1 N–H and O–H groups in total. The number of carbonyl (C=O) groups excluding carboxylic acids is 1. The van der Waals surface area contributed by atoms with Gasteiger partial charge in [0.2, 0.25) is 17.0 Å². The summed E-state index contributed by atoms with van der Waals surface area (Å²) in [6.07, 6.45) is 0. The van der Waals surface area contributed by atoms with E-state index >= 15 is 0 Å². The van der Waals surface area contributed by atoms with Gasteiger partial charge >= 0.3 is 0 Å². The second-order valence-corrected chi connectivity index (χ2v) is 7.94. The number of thioether (sulfide) groups is 1. The summed E-state index contributed by atoms with van der Waals surface area (Å²) in [7, 11) is 1.80. The van der Waals surface area contributed by atoms with E-state index in [1.807, 2.05) is 0 Å². The van der Waals surface area contributed by atoms with Crippen molar-refractivity contribution in [1.82, 2.24) is 5.01 Å². The topological polar surface area (TPSA) is 66.3 Å². The lowest BCUT2D eigenvalue weighted by atomic mass is 10.3. The molecule has 2 aromatic carbocycles. The van der Waals surface area contributed by atoms with Gasteiger partial charge in [0.15, 0.2) is 0 Å². The van der Waals surface area contributed by atoms with Crippen LogP contribution < -0.4 is 10.1 Å². The van der Waals surface area contributed by atoms with E-state index in [0.29, 0.717) is 44.1 Å². The molecule has 0 bridgehead atoms. The molecule has 0 saturated carbocycles. The maximum atomic E-state index is 12.2. The third-order valence-corrected chi connectivity index (χ3v) is 5.08. The van der Waals surface area contributed by atoms with Gasteiger partial charge in [-0.15, -0.1) is 5.10 Å². The summed E-state index contributed by atoms with van der Waals surface area (Å²) in [6, 6.07) is 11.8. The Hall–Kier alpha value is -1.93. The van der Waals surface area contributed by atoms with Gasteiger partial charge in [-0.05, 0) is 42.5 Å². The fraction of sp³-hybridized carbons (Fsp3) is 0.167. The minimum atomic E-state index is -0.250. The van der Waals surface area contributed by atoms with Crippen molar-refractivity contribution in [3.05, 3.63) is 57.5 Å². The summed E-state index contributed by atoms with van der Waals surface area (Å²) in [6.45, 7) is 0.414. The van der Waals surface area contributed by atoms with Crippen LogP contribution in [0.4, 0.5) is 5.69 Å². The first kappa shape index (κ1) is 20.8. The Bertz CT molecular complexity index is 935. The van der Waals surface area contributed by atoms with E-state index in [-0.39, 0.29) is 11.7 Å². The van der Waals surface area contributed by atoms with Crippen LogP contribution in [0.5, 0.6) is 5.75 Å². The number of amidine groups is 1. The van der Waals surface area contributed by atoms with E-state index in [1.54, 1.807) is 54.5 Å². The van der Waals surface area contributed by atoms with Gasteiger partial charge in [-0.25, -0.2) is 0 Å². The van der Waals surface area contributed by atoms with Crippen molar-refractivity contribution in [2.45, 2.75) is 0 Å². The molecule has 0 radical (unpaired) electrons. The second kappa shape index (κ2) is 9.52. The minimum absolute atomic E-state index is 0.104. The van der Waals surface area contributed by atoms with Crippen molar-refractivity contribution in [3.8, 4) is 5.75 Å². The Morgan fingerprint density at radius 1 is 1.18 bits per heavy atom. The molecule has 0 atom stereocenters. The number of hydrogen-bond acceptors (Lipinski definition) is 6. The quantitative estimate of drug-likeness (QED) is 0.700. The van der Waals surface area contributed by atoms with E-state index in [4.69, 9.17) is 39.5 Å². The molecule has 1 amide bonds. The third kappa shape index (κ3) is 6.04. The lowest BCUT2D eigenvalue weighted by Crippen LogP contribution is -2.31. The average molecular weight is 458 g/mol. The fourth-order valence-corrected chi connectivity index (χ4v) is 3.36. The molecular formula is C18H15Cl3N4O2S. The summed E-state index contributed by atoms with van der Waals surface area (Å²) >= 11 is 19.0. The molecule has 146 valence electrons. The van der Waals surface area contributed by atoms with Gasteiger partial charge in [-0.1, -0.05) is 46.6 Å². The van der Waals surface area contributed by atoms with Crippen LogP contribution in [-0.4, -0.2) is 41.3 Å². The number of halogens is 3. The van der Waals surface area contributed by atoms with E-state index in [0.717, 1.165) is 0 Å². The molecule has 0 aromatic heterocycles. The first-order chi connectivity index (χ1) is 13.4. The molecule has 2 aromatic rings. The second-order valence-electron chi connectivity index (χ2n) is 5.72. The summed E-state index contributed by atoms with van der Waals surface area (Å²) in [5.74, 6) is 0.949. The predicted molar refractivity (Wildman–Crippen MR) is 117 cm³/mol. The lowest BCUT2D eigenvalue weighted by molar-refractivity contribution is -0.113. The van der Waals surface area contributed by atoms with Crippen LogP contribution in [0.3, 0.4) is 0 Å². The Morgan fingerprint density at radius 3 is 2.64 bits per heavy atom. The highest BCUT2D eigenvalue weighted by atomic mass is 35.5. The molecule has 1 aliphatic rings. The summed E-state index contributed by atoms with van der Waals surface area (Å²) in [4.78, 5) is 16.6. The van der Waals surface area contributed by atoms with Gasteiger partial charge in [0.05, 0.1) is 16.5 Å².